The molecule has 0 atom stereocenters. The number of ketones is 1. The minimum absolute atomic E-state index is 0.00215. The van der Waals surface area contributed by atoms with Crippen molar-refractivity contribution >= 4 is 17.4 Å². The number of nitrogen functional groups attached to an aromatic ring is 1. The molecule has 134 valence electrons. The van der Waals surface area contributed by atoms with Crippen LogP contribution in [0.1, 0.15) is 43.1 Å². The molecular weight excluding hydrogens is 322 g/mol. The third-order valence-corrected chi connectivity index (χ3v) is 3.36. The number of Topliss-reactive ketones (excluding diaryl/α,β-unsaturated/α-hetero) is 1. The molecule has 0 bridgehead atoms. The molecule has 0 saturated carbocycles. The van der Waals surface area contributed by atoms with Crippen LogP contribution in [0, 0.1) is 0 Å². The zero-order valence-corrected chi connectivity index (χ0v) is 14.6. The lowest BCUT2D eigenvalue weighted by molar-refractivity contribution is -0.113. The Hall–Kier alpha value is -3.02. The van der Waals surface area contributed by atoms with Crippen molar-refractivity contribution in [3.8, 4) is 0 Å². The van der Waals surface area contributed by atoms with Crippen LogP contribution in [-0.4, -0.2) is 22.0 Å². The molecule has 6 heteroatoms. The van der Waals surface area contributed by atoms with Crippen LogP contribution >= 0.6 is 0 Å². The van der Waals surface area contributed by atoms with E-state index in [1.165, 1.54) is 25.1 Å². The van der Waals surface area contributed by atoms with Gasteiger partial charge in [0.15, 0.2) is 5.78 Å². The lowest BCUT2D eigenvalue weighted by Gasteiger charge is -2.10. The Kier molecular flexibility index (Phi) is 7.46. The largest absolute Gasteiger partial charge is 0.511 e. The highest BCUT2D eigenvalue weighted by molar-refractivity contribution is 5.96. The first-order valence-corrected chi connectivity index (χ1v) is 7.94. The molecule has 0 aromatic heterocycles. The summed E-state index contributed by atoms with van der Waals surface area (Å²) in [6.07, 6.45) is 5.08. The number of ether oxygens (including phenoxy) is 1. The SMILES string of the molecule is CC.CC(=O)C1=C(O)CC=CC(OCc2ccc(C(=O)O)cc2N)=C1. The van der Waals surface area contributed by atoms with E-state index in [0.29, 0.717) is 17.0 Å². The van der Waals surface area contributed by atoms with Gasteiger partial charge in [-0.1, -0.05) is 26.0 Å². The maximum atomic E-state index is 11.5. The smallest absolute Gasteiger partial charge is 0.335 e. The summed E-state index contributed by atoms with van der Waals surface area (Å²) in [5.41, 5.74) is 7.07. The normalized spacial score (nSPS) is 13.3. The third kappa shape index (κ3) is 5.53. The summed E-state index contributed by atoms with van der Waals surface area (Å²) in [6, 6.07) is 4.39. The molecule has 0 heterocycles. The number of benzene rings is 1. The fraction of sp³-hybridized carbons (Fsp3) is 0.263. The molecule has 0 spiro atoms. The summed E-state index contributed by atoms with van der Waals surface area (Å²) >= 11 is 0. The molecular formula is C19H23NO5. The van der Waals surface area contributed by atoms with Gasteiger partial charge in [-0.3, -0.25) is 4.79 Å². The Bertz CT molecular complexity index is 744. The van der Waals surface area contributed by atoms with Crippen LogP contribution in [0.2, 0.25) is 0 Å². The molecule has 0 saturated heterocycles. The molecule has 1 aromatic carbocycles. The van der Waals surface area contributed by atoms with Crippen LogP contribution in [0.5, 0.6) is 0 Å². The van der Waals surface area contributed by atoms with Crippen molar-refractivity contribution in [2.45, 2.75) is 33.8 Å². The average Bonchev–Trinajstić information content (AvgIpc) is 2.77. The number of carboxylic acid groups (broad SMARTS) is 1. The summed E-state index contributed by atoms with van der Waals surface area (Å²) < 4.78 is 5.61. The van der Waals surface area contributed by atoms with Gasteiger partial charge in [0, 0.05) is 17.7 Å². The number of hydrogen-bond donors (Lipinski definition) is 3. The number of allylic oxidation sites excluding steroid dienone is 4. The molecule has 0 fully saturated rings. The number of nitrogens with two attached hydrogens (primary N) is 1. The van der Waals surface area contributed by atoms with E-state index in [-0.39, 0.29) is 35.7 Å². The Morgan fingerprint density at radius 3 is 2.52 bits per heavy atom. The highest BCUT2D eigenvalue weighted by Gasteiger charge is 2.13. The van der Waals surface area contributed by atoms with Crippen molar-refractivity contribution in [3.63, 3.8) is 0 Å². The number of anilines is 1. The van der Waals surface area contributed by atoms with Gasteiger partial charge < -0.3 is 20.7 Å². The van der Waals surface area contributed by atoms with Gasteiger partial charge in [-0.2, -0.15) is 0 Å². The molecule has 2 rings (SSSR count). The van der Waals surface area contributed by atoms with E-state index in [0.717, 1.165) is 0 Å². The summed E-state index contributed by atoms with van der Waals surface area (Å²) in [7, 11) is 0. The number of hydrogen-bond acceptors (Lipinski definition) is 5. The Morgan fingerprint density at radius 1 is 1.28 bits per heavy atom. The Balaban J connectivity index is 0.00000151. The van der Waals surface area contributed by atoms with E-state index in [2.05, 4.69) is 0 Å². The van der Waals surface area contributed by atoms with E-state index in [1.807, 2.05) is 13.8 Å². The predicted molar refractivity (Wildman–Crippen MR) is 96.1 cm³/mol. The van der Waals surface area contributed by atoms with Crippen molar-refractivity contribution in [3.05, 3.63) is 64.6 Å². The highest BCUT2D eigenvalue weighted by atomic mass is 16.5. The second-order valence-corrected chi connectivity index (χ2v) is 5.08. The molecule has 4 N–H and O–H groups in total. The number of aromatic carboxylic acids is 1. The van der Waals surface area contributed by atoms with Crippen LogP contribution in [0.25, 0.3) is 0 Å². The molecule has 0 radical (unpaired) electrons. The van der Waals surface area contributed by atoms with Crippen molar-refractivity contribution in [1.82, 2.24) is 0 Å². The van der Waals surface area contributed by atoms with Crippen molar-refractivity contribution in [2.75, 3.05) is 5.73 Å². The summed E-state index contributed by atoms with van der Waals surface area (Å²) in [6.45, 7) is 5.49. The van der Waals surface area contributed by atoms with Crippen LogP contribution < -0.4 is 5.73 Å². The summed E-state index contributed by atoms with van der Waals surface area (Å²) in [4.78, 5) is 22.4. The second kappa shape index (κ2) is 9.32. The van der Waals surface area contributed by atoms with Gasteiger partial charge >= 0.3 is 5.97 Å². The monoisotopic (exact) mass is 345 g/mol. The molecule has 1 aliphatic rings. The number of carboxylic acids is 1. The van der Waals surface area contributed by atoms with Gasteiger partial charge in [0.2, 0.25) is 0 Å². The number of aliphatic hydroxyl groups excluding tert-OH is 1. The first kappa shape index (κ1) is 20.0. The second-order valence-electron chi connectivity index (χ2n) is 5.08. The molecule has 0 aliphatic heterocycles. The molecule has 0 amide bonds. The maximum absolute atomic E-state index is 11.5. The fourth-order valence-electron chi connectivity index (χ4n) is 2.09. The summed E-state index contributed by atoms with van der Waals surface area (Å²) in [5, 5.41) is 18.7. The highest BCUT2D eigenvalue weighted by Crippen LogP contribution is 2.21. The molecule has 0 unspecified atom stereocenters. The molecule has 1 aliphatic carbocycles. The van der Waals surface area contributed by atoms with E-state index in [9.17, 15) is 14.7 Å². The quantitative estimate of drug-likeness (QED) is 0.701. The van der Waals surface area contributed by atoms with Gasteiger partial charge in [0.05, 0.1) is 11.1 Å². The molecule has 6 nitrogen and oxygen atoms in total. The third-order valence-electron chi connectivity index (χ3n) is 3.36. The van der Waals surface area contributed by atoms with Crippen molar-refractivity contribution < 1.29 is 24.5 Å². The van der Waals surface area contributed by atoms with E-state index >= 15 is 0 Å². The molecule has 25 heavy (non-hydrogen) atoms. The standard InChI is InChI=1S/C17H17NO5.C2H6/c1-10(19)14-8-13(3-2-4-16(14)20)23-9-12-6-5-11(17(21)22)7-15(12)18;1-2/h2-3,5-8,20H,4,9,18H2,1H3,(H,21,22);1-2H3. The first-order valence-electron chi connectivity index (χ1n) is 7.94. The van der Waals surface area contributed by atoms with Gasteiger partial charge in [-0.25, -0.2) is 4.79 Å². The van der Waals surface area contributed by atoms with Crippen molar-refractivity contribution in [1.29, 1.82) is 0 Å². The topological polar surface area (TPSA) is 110 Å². The zero-order valence-electron chi connectivity index (χ0n) is 14.6. The minimum Gasteiger partial charge on any atom is -0.511 e. The molecule has 1 aromatic rings. The van der Waals surface area contributed by atoms with Gasteiger partial charge in [-0.15, -0.1) is 0 Å². The van der Waals surface area contributed by atoms with Crippen LogP contribution in [-0.2, 0) is 16.1 Å². The zero-order chi connectivity index (χ0) is 19.0. The van der Waals surface area contributed by atoms with Gasteiger partial charge in [0.25, 0.3) is 0 Å². The average molecular weight is 345 g/mol. The summed E-state index contributed by atoms with van der Waals surface area (Å²) in [5.74, 6) is -0.887. The number of aliphatic hydroxyl groups is 1. The minimum atomic E-state index is -1.05. The maximum Gasteiger partial charge on any atom is 0.335 e. The lowest BCUT2D eigenvalue weighted by atomic mass is 10.1. The van der Waals surface area contributed by atoms with Crippen LogP contribution in [0.4, 0.5) is 5.69 Å². The number of rotatable bonds is 5. The fourth-order valence-corrected chi connectivity index (χ4v) is 2.09. The van der Waals surface area contributed by atoms with Gasteiger partial charge in [0.1, 0.15) is 18.1 Å². The van der Waals surface area contributed by atoms with E-state index < -0.39 is 5.97 Å². The van der Waals surface area contributed by atoms with Crippen LogP contribution in [0.3, 0.4) is 0 Å². The number of carbonyl (C=O) groups is 2. The Labute approximate surface area is 146 Å². The first-order chi connectivity index (χ1) is 11.9. The van der Waals surface area contributed by atoms with E-state index in [4.69, 9.17) is 15.6 Å². The lowest BCUT2D eigenvalue weighted by Crippen LogP contribution is -2.03. The Morgan fingerprint density at radius 2 is 1.96 bits per heavy atom. The predicted octanol–water partition coefficient (Wildman–Crippen LogP) is 3.75. The number of carbonyl (C=O) groups excluding carboxylic acids is 1. The van der Waals surface area contributed by atoms with E-state index in [1.54, 1.807) is 18.2 Å². The van der Waals surface area contributed by atoms with Crippen molar-refractivity contribution in [2.24, 2.45) is 0 Å². The van der Waals surface area contributed by atoms with Gasteiger partial charge in [-0.05, 0) is 31.2 Å². The van der Waals surface area contributed by atoms with Crippen LogP contribution in [0.15, 0.2) is 53.5 Å².